The Morgan fingerprint density at radius 3 is 2.93 bits per heavy atom. The van der Waals surface area contributed by atoms with Crippen LogP contribution >= 0.6 is 11.3 Å². The van der Waals surface area contributed by atoms with Gasteiger partial charge in [0.25, 0.3) is 0 Å². The summed E-state index contributed by atoms with van der Waals surface area (Å²) in [5.74, 6) is -0.850. The molecule has 0 aliphatic rings. The molecule has 0 radical (unpaired) electrons. The predicted molar refractivity (Wildman–Crippen MR) is 59.3 cm³/mol. The first-order valence-electron chi connectivity index (χ1n) is 4.66. The molecule has 1 rings (SSSR count). The summed E-state index contributed by atoms with van der Waals surface area (Å²) in [5.41, 5.74) is 1.01. The van der Waals surface area contributed by atoms with Crippen LogP contribution in [0.2, 0.25) is 0 Å². The Bertz CT molecular complexity index is 324. The van der Waals surface area contributed by atoms with E-state index in [2.05, 4.69) is 5.32 Å². The normalized spacial score (nSPS) is 12.7. The second kappa shape index (κ2) is 5.85. The number of carboxylic acid groups (broad SMARTS) is 1. The minimum atomic E-state index is -0.850. The fourth-order valence-corrected chi connectivity index (χ4v) is 2.27. The van der Waals surface area contributed by atoms with Crippen molar-refractivity contribution < 1.29 is 14.6 Å². The Labute approximate surface area is 92.9 Å². The van der Waals surface area contributed by atoms with E-state index in [4.69, 9.17) is 9.84 Å². The molecule has 1 aromatic rings. The molecule has 1 unspecified atom stereocenters. The number of thiophene rings is 1. The topological polar surface area (TPSA) is 58.6 Å². The van der Waals surface area contributed by atoms with Crippen molar-refractivity contribution in [3.8, 4) is 0 Å². The number of methoxy groups -OCH3 is 1. The molecule has 0 saturated heterocycles. The number of carbonyl (C=O) groups is 1. The smallest absolute Gasteiger partial charge is 0.326 e. The van der Waals surface area contributed by atoms with Crippen LogP contribution in [0.5, 0.6) is 0 Å². The van der Waals surface area contributed by atoms with E-state index in [9.17, 15) is 4.79 Å². The van der Waals surface area contributed by atoms with Gasteiger partial charge in [0.1, 0.15) is 6.04 Å². The van der Waals surface area contributed by atoms with Gasteiger partial charge in [0.15, 0.2) is 0 Å². The molecule has 0 fully saturated rings. The lowest BCUT2D eigenvalue weighted by Crippen LogP contribution is -2.30. The van der Waals surface area contributed by atoms with Crippen molar-refractivity contribution >= 4 is 17.3 Å². The molecular formula is C10H15NO3S. The van der Waals surface area contributed by atoms with Crippen molar-refractivity contribution in [3.05, 3.63) is 21.9 Å². The van der Waals surface area contributed by atoms with Gasteiger partial charge in [-0.1, -0.05) is 0 Å². The summed E-state index contributed by atoms with van der Waals surface area (Å²) in [7, 11) is 1.59. The number of rotatable bonds is 6. The molecule has 5 heteroatoms. The van der Waals surface area contributed by atoms with Crippen LogP contribution in [0, 0.1) is 6.92 Å². The quantitative estimate of drug-likeness (QED) is 0.724. The van der Waals surface area contributed by atoms with Gasteiger partial charge in [-0.25, -0.2) is 0 Å². The molecule has 1 aromatic heterocycles. The first-order chi connectivity index (χ1) is 7.16. The van der Waals surface area contributed by atoms with Gasteiger partial charge in [-0.3, -0.25) is 10.1 Å². The maximum absolute atomic E-state index is 11.0. The fourth-order valence-electron chi connectivity index (χ4n) is 1.28. The molecule has 1 atom stereocenters. The Morgan fingerprint density at radius 1 is 1.73 bits per heavy atom. The summed E-state index contributed by atoms with van der Waals surface area (Å²) in [6, 6.07) is 1.30. The van der Waals surface area contributed by atoms with Gasteiger partial charge in [0.2, 0.25) is 0 Å². The second-order valence-corrected chi connectivity index (χ2v) is 4.13. The van der Waals surface area contributed by atoms with Crippen LogP contribution in [0.25, 0.3) is 0 Å². The minimum absolute atomic E-state index is 0.508. The molecule has 0 aromatic carbocycles. The van der Waals surface area contributed by atoms with Crippen molar-refractivity contribution in [1.82, 2.24) is 5.32 Å². The first-order valence-corrected chi connectivity index (χ1v) is 5.54. The second-order valence-electron chi connectivity index (χ2n) is 3.19. The summed E-state index contributed by atoms with van der Waals surface area (Å²) in [6.45, 7) is 2.96. The van der Waals surface area contributed by atoms with Crippen molar-refractivity contribution in [2.75, 3.05) is 20.3 Å². The standard InChI is InChI=1S/C10H15NO3S/c1-7-3-6-15-9(7)8(10(12)13)11-4-5-14-2/h3,6,8,11H,4-5H2,1-2H3,(H,12,13). The molecule has 0 spiro atoms. The first kappa shape index (κ1) is 12.2. The number of hydrogen-bond donors (Lipinski definition) is 2. The van der Waals surface area contributed by atoms with E-state index in [1.165, 1.54) is 11.3 Å². The van der Waals surface area contributed by atoms with Crippen LogP contribution in [0.3, 0.4) is 0 Å². The molecule has 0 amide bonds. The van der Waals surface area contributed by atoms with Crippen LogP contribution in [0.4, 0.5) is 0 Å². The predicted octanol–water partition coefficient (Wildman–Crippen LogP) is 1.42. The molecule has 15 heavy (non-hydrogen) atoms. The molecule has 0 aliphatic carbocycles. The maximum Gasteiger partial charge on any atom is 0.326 e. The zero-order valence-electron chi connectivity index (χ0n) is 8.82. The number of ether oxygens (including phenoxy) is 1. The Balaban J connectivity index is 2.67. The Hall–Kier alpha value is -0.910. The Kier molecular flexibility index (Phi) is 4.74. The number of hydrogen-bond acceptors (Lipinski definition) is 4. The largest absolute Gasteiger partial charge is 0.480 e. The highest BCUT2D eigenvalue weighted by Crippen LogP contribution is 2.23. The van der Waals surface area contributed by atoms with Gasteiger partial charge >= 0.3 is 5.97 Å². The van der Waals surface area contributed by atoms with Gasteiger partial charge in [0.05, 0.1) is 6.61 Å². The number of aryl methyl sites for hydroxylation is 1. The molecule has 1 heterocycles. The van der Waals surface area contributed by atoms with Gasteiger partial charge in [-0.05, 0) is 23.9 Å². The van der Waals surface area contributed by atoms with E-state index in [1.54, 1.807) is 7.11 Å². The average Bonchev–Trinajstić information content (AvgIpc) is 2.59. The molecule has 0 bridgehead atoms. The van der Waals surface area contributed by atoms with Crippen LogP contribution in [0.15, 0.2) is 11.4 Å². The van der Waals surface area contributed by atoms with Crippen molar-refractivity contribution in [2.24, 2.45) is 0 Å². The van der Waals surface area contributed by atoms with Crippen LogP contribution in [0.1, 0.15) is 16.5 Å². The fraction of sp³-hybridized carbons (Fsp3) is 0.500. The number of nitrogens with one attached hydrogen (secondary N) is 1. The van der Waals surface area contributed by atoms with Gasteiger partial charge in [-0.15, -0.1) is 11.3 Å². The molecular weight excluding hydrogens is 214 g/mol. The lowest BCUT2D eigenvalue weighted by Gasteiger charge is -2.13. The third kappa shape index (κ3) is 3.30. The molecule has 2 N–H and O–H groups in total. The highest BCUT2D eigenvalue weighted by Gasteiger charge is 2.21. The van der Waals surface area contributed by atoms with Gasteiger partial charge in [-0.2, -0.15) is 0 Å². The third-order valence-electron chi connectivity index (χ3n) is 2.07. The van der Waals surface area contributed by atoms with E-state index >= 15 is 0 Å². The summed E-state index contributed by atoms with van der Waals surface area (Å²) < 4.78 is 4.87. The summed E-state index contributed by atoms with van der Waals surface area (Å²) in [5, 5.41) is 13.9. The van der Waals surface area contributed by atoms with Crippen molar-refractivity contribution in [3.63, 3.8) is 0 Å². The SMILES string of the molecule is COCCNC(C(=O)O)c1sccc1C. The van der Waals surface area contributed by atoms with E-state index in [0.29, 0.717) is 13.2 Å². The Morgan fingerprint density at radius 2 is 2.47 bits per heavy atom. The average molecular weight is 229 g/mol. The lowest BCUT2D eigenvalue weighted by molar-refractivity contribution is -0.139. The third-order valence-corrected chi connectivity index (χ3v) is 3.15. The van der Waals surface area contributed by atoms with Crippen LogP contribution in [-0.2, 0) is 9.53 Å². The minimum Gasteiger partial charge on any atom is -0.480 e. The van der Waals surface area contributed by atoms with Gasteiger partial charge in [0, 0.05) is 18.5 Å². The van der Waals surface area contributed by atoms with Crippen LogP contribution < -0.4 is 5.32 Å². The number of carboxylic acids is 1. The monoisotopic (exact) mass is 229 g/mol. The zero-order valence-corrected chi connectivity index (χ0v) is 9.63. The lowest BCUT2D eigenvalue weighted by atomic mass is 10.1. The van der Waals surface area contributed by atoms with E-state index in [-0.39, 0.29) is 0 Å². The zero-order chi connectivity index (χ0) is 11.3. The summed E-state index contributed by atoms with van der Waals surface area (Å²) in [6.07, 6.45) is 0. The van der Waals surface area contributed by atoms with E-state index < -0.39 is 12.0 Å². The van der Waals surface area contributed by atoms with E-state index in [0.717, 1.165) is 10.4 Å². The molecule has 0 saturated carbocycles. The van der Waals surface area contributed by atoms with Crippen molar-refractivity contribution in [2.45, 2.75) is 13.0 Å². The molecule has 4 nitrogen and oxygen atoms in total. The van der Waals surface area contributed by atoms with Crippen LogP contribution in [-0.4, -0.2) is 31.3 Å². The highest BCUT2D eigenvalue weighted by atomic mass is 32.1. The number of aliphatic carboxylic acids is 1. The highest BCUT2D eigenvalue weighted by molar-refractivity contribution is 7.10. The molecule has 84 valence electrons. The van der Waals surface area contributed by atoms with E-state index in [1.807, 2.05) is 18.4 Å². The maximum atomic E-state index is 11.0. The van der Waals surface area contributed by atoms with Crippen molar-refractivity contribution in [1.29, 1.82) is 0 Å². The summed E-state index contributed by atoms with van der Waals surface area (Å²) in [4.78, 5) is 11.9. The molecule has 0 aliphatic heterocycles. The summed E-state index contributed by atoms with van der Waals surface area (Å²) >= 11 is 1.46. The van der Waals surface area contributed by atoms with Gasteiger partial charge < -0.3 is 9.84 Å².